The molecule has 1 aliphatic heterocycles. The molecule has 1 fully saturated rings. The van der Waals surface area contributed by atoms with Gasteiger partial charge in [0.2, 0.25) is 0 Å². The van der Waals surface area contributed by atoms with Gasteiger partial charge < -0.3 is 20.0 Å². The van der Waals surface area contributed by atoms with Gasteiger partial charge in [0.15, 0.2) is 12.1 Å². The number of rotatable bonds is 5. The first kappa shape index (κ1) is 18.5. The highest BCUT2D eigenvalue weighted by molar-refractivity contribution is 9.11. The fourth-order valence-electron chi connectivity index (χ4n) is 2.43. The smallest absolute Gasteiger partial charge is 0.185 e. The molecule has 130 valence electrons. The van der Waals surface area contributed by atoms with Gasteiger partial charge in [-0.05, 0) is 41.2 Å². The molecule has 0 spiro atoms. The first-order valence-electron chi connectivity index (χ1n) is 7.86. The molecule has 1 aliphatic rings. The second-order valence-corrected chi connectivity index (χ2v) is 6.85. The lowest BCUT2D eigenvalue weighted by Gasteiger charge is -2.34. The summed E-state index contributed by atoms with van der Waals surface area (Å²) in [4.78, 5) is 22.2. The van der Waals surface area contributed by atoms with Gasteiger partial charge in [0.25, 0.3) is 0 Å². The molecular formula is C17H24BrN5O. The molecule has 1 heterocycles. The summed E-state index contributed by atoms with van der Waals surface area (Å²) >= 11 is 3.37. The van der Waals surface area contributed by atoms with Gasteiger partial charge in [0.1, 0.15) is 0 Å². The number of hydrogen-bond donors (Lipinski definition) is 1. The monoisotopic (exact) mass is 393 g/mol. The van der Waals surface area contributed by atoms with Gasteiger partial charge in [0.05, 0.1) is 10.3 Å². The van der Waals surface area contributed by atoms with Gasteiger partial charge in [-0.25, -0.2) is 4.99 Å². The zero-order chi connectivity index (χ0) is 17.5. The number of benzene rings is 1. The average Bonchev–Trinajstić information content (AvgIpc) is 2.54. The zero-order valence-corrected chi connectivity index (χ0v) is 16.0. The molecule has 0 saturated carbocycles. The van der Waals surface area contributed by atoms with Crippen LogP contribution < -0.4 is 10.2 Å². The lowest BCUT2D eigenvalue weighted by atomic mass is 10.2. The lowest BCUT2D eigenvalue weighted by Crippen LogP contribution is -2.44. The summed E-state index contributed by atoms with van der Waals surface area (Å²) < 4.78 is 0.675. The molecule has 0 atom stereocenters. The Morgan fingerprint density at radius 2 is 2.00 bits per heavy atom. The van der Waals surface area contributed by atoms with Crippen molar-refractivity contribution in [2.45, 2.75) is 0 Å². The summed E-state index contributed by atoms with van der Waals surface area (Å²) in [5.41, 5.74) is 1.89. The molecule has 1 saturated heterocycles. The van der Waals surface area contributed by atoms with Crippen LogP contribution in [0, 0.1) is 0 Å². The summed E-state index contributed by atoms with van der Waals surface area (Å²) in [6, 6.07) is 7.97. The highest BCUT2D eigenvalue weighted by atomic mass is 79.9. The number of halogens is 1. The van der Waals surface area contributed by atoms with Crippen LogP contribution in [0.1, 0.15) is 0 Å². The first-order valence-corrected chi connectivity index (χ1v) is 8.65. The summed E-state index contributed by atoms with van der Waals surface area (Å²) in [5, 5.41) is 2.95. The van der Waals surface area contributed by atoms with E-state index in [9.17, 15) is 4.79 Å². The van der Waals surface area contributed by atoms with E-state index in [4.69, 9.17) is 0 Å². The maximum absolute atomic E-state index is 11.3. The van der Waals surface area contributed by atoms with E-state index in [-0.39, 0.29) is 5.84 Å². The molecule has 0 radical (unpaired) electrons. The van der Waals surface area contributed by atoms with Crippen LogP contribution in [0.15, 0.2) is 40.1 Å². The number of aldehydes is 1. The van der Waals surface area contributed by atoms with Crippen LogP contribution in [0.4, 0.5) is 11.4 Å². The number of anilines is 1. The third-order valence-electron chi connectivity index (χ3n) is 3.68. The minimum Gasteiger partial charge on any atom is -0.381 e. The van der Waals surface area contributed by atoms with Gasteiger partial charge in [-0.2, -0.15) is 0 Å². The first-order chi connectivity index (χ1) is 11.5. The maximum atomic E-state index is 11.3. The molecule has 7 heteroatoms. The third-order valence-corrected chi connectivity index (χ3v) is 4.08. The highest BCUT2D eigenvalue weighted by Gasteiger charge is 2.14. The summed E-state index contributed by atoms with van der Waals surface area (Å²) in [6.45, 7) is 4.10. The molecule has 0 aliphatic carbocycles. The maximum Gasteiger partial charge on any atom is 0.185 e. The Kier molecular flexibility index (Phi) is 6.81. The SMILES string of the molecule is CN(C)/C=C(/Br)NC(C=O)=Nc1cccc(N2CCN(C)CC2)c1. The molecule has 0 amide bonds. The van der Waals surface area contributed by atoms with Crippen molar-refractivity contribution in [2.75, 3.05) is 52.2 Å². The van der Waals surface area contributed by atoms with E-state index in [1.54, 1.807) is 0 Å². The molecule has 6 nitrogen and oxygen atoms in total. The van der Waals surface area contributed by atoms with Crippen LogP contribution in [0.25, 0.3) is 0 Å². The van der Waals surface area contributed by atoms with Crippen molar-refractivity contribution in [1.29, 1.82) is 0 Å². The van der Waals surface area contributed by atoms with Crippen molar-refractivity contribution in [3.8, 4) is 0 Å². The number of piperazine rings is 1. The van der Waals surface area contributed by atoms with Crippen molar-refractivity contribution in [1.82, 2.24) is 15.1 Å². The van der Waals surface area contributed by atoms with Crippen molar-refractivity contribution in [2.24, 2.45) is 4.99 Å². The number of carbonyl (C=O) groups excluding carboxylic acids is 1. The number of nitrogens with zero attached hydrogens (tertiary/aromatic N) is 4. The van der Waals surface area contributed by atoms with Gasteiger partial charge >= 0.3 is 0 Å². The number of amidine groups is 1. The molecule has 0 aromatic heterocycles. The van der Waals surface area contributed by atoms with E-state index in [2.05, 4.69) is 49.2 Å². The summed E-state index contributed by atoms with van der Waals surface area (Å²) in [7, 11) is 5.94. The van der Waals surface area contributed by atoms with Gasteiger partial charge in [-0.3, -0.25) is 4.79 Å². The van der Waals surface area contributed by atoms with Gasteiger partial charge in [-0.1, -0.05) is 6.07 Å². The standard InChI is InChI=1S/C17H24BrN5O/c1-21(2)12-16(18)20-17(13-24)19-14-5-4-6-15(11-14)23-9-7-22(3)8-10-23/h4-6,11-13H,7-10H2,1-3H3,(H,19,20)/b16-12-. The summed E-state index contributed by atoms with van der Waals surface area (Å²) in [5.74, 6) is 0.260. The Balaban J connectivity index is 2.13. The van der Waals surface area contributed by atoms with E-state index < -0.39 is 0 Å². The second kappa shape index (κ2) is 8.84. The Morgan fingerprint density at radius 1 is 1.29 bits per heavy atom. The van der Waals surface area contributed by atoms with Crippen LogP contribution in [0.3, 0.4) is 0 Å². The van der Waals surface area contributed by atoms with Crippen LogP contribution in [0.5, 0.6) is 0 Å². The fraction of sp³-hybridized carbons (Fsp3) is 0.412. The highest BCUT2D eigenvalue weighted by Crippen LogP contribution is 2.22. The fourth-order valence-corrected chi connectivity index (χ4v) is 3.04. The molecule has 1 aromatic carbocycles. The Labute approximate surface area is 152 Å². The van der Waals surface area contributed by atoms with Crippen LogP contribution in [-0.4, -0.2) is 69.2 Å². The zero-order valence-electron chi connectivity index (χ0n) is 14.4. The van der Waals surface area contributed by atoms with E-state index in [0.717, 1.165) is 37.6 Å². The third kappa shape index (κ3) is 5.65. The predicted molar refractivity (Wildman–Crippen MR) is 103 cm³/mol. The number of aliphatic imine (C=N–C) groups is 1. The van der Waals surface area contributed by atoms with E-state index in [1.807, 2.05) is 43.4 Å². The molecule has 1 N–H and O–H groups in total. The van der Waals surface area contributed by atoms with Crippen molar-refractivity contribution in [3.05, 3.63) is 35.1 Å². The summed E-state index contributed by atoms with van der Waals surface area (Å²) in [6.07, 6.45) is 2.53. The van der Waals surface area contributed by atoms with Gasteiger partial charge in [-0.15, -0.1) is 0 Å². The Morgan fingerprint density at radius 3 is 2.62 bits per heavy atom. The van der Waals surface area contributed by atoms with Crippen molar-refractivity contribution < 1.29 is 4.79 Å². The van der Waals surface area contributed by atoms with Crippen LogP contribution in [0.2, 0.25) is 0 Å². The van der Waals surface area contributed by atoms with Crippen molar-refractivity contribution >= 4 is 39.4 Å². The van der Waals surface area contributed by atoms with E-state index in [0.29, 0.717) is 10.9 Å². The lowest BCUT2D eigenvalue weighted by molar-refractivity contribution is -0.102. The minimum atomic E-state index is 0.260. The van der Waals surface area contributed by atoms with Crippen LogP contribution in [-0.2, 0) is 4.79 Å². The van der Waals surface area contributed by atoms with Crippen molar-refractivity contribution in [3.63, 3.8) is 0 Å². The Bertz CT molecular complexity index is 621. The topological polar surface area (TPSA) is 51.2 Å². The van der Waals surface area contributed by atoms with E-state index >= 15 is 0 Å². The number of hydrogen-bond acceptors (Lipinski definition) is 5. The molecule has 1 aromatic rings. The minimum absolute atomic E-state index is 0.260. The predicted octanol–water partition coefficient (Wildman–Crippen LogP) is 2.01. The average molecular weight is 394 g/mol. The molecular weight excluding hydrogens is 370 g/mol. The quantitative estimate of drug-likeness (QED) is 0.359. The normalized spacial score (nSPS) is 16.9. The number of carbonyl (C=O) groups is 1. The van der Waals surface area contributed by atoms with E-state index in [1.165, 1.54) is 0 Å². The van der Waals surface area contributed by atoms with Gasteiger partial charge in [0, 0.05) is 52.2 Å². The Hall–Kier alpha value is -1.86. The molecule has 0 unspecified atom stereocenters. The number of likely N-dealkylation sites (N-methyl/N-ethyl adjacent to an activating group) is 1. The molecule has 2 rings (SSSR count). The van der Waals surface area contributed by atoms with Crippen LogP contribution >= 0.6 is 15.9 Å². The largest absolute Gasteiger partial charge is 0.381 e. The second-order valence-electron chi connectivity index (χ2n) is 5.99. The molecule has 24 heavy (non-hydrogen) atoms. The number of nitrogens with one attached hydrogen (secondary N) is 1. The molecule has 0 bridgehead atoms.